The minimum Gasteiger partial charge on any atom is -0.372 e. The molecule has 1 aromatic carbocycles. The molecule has 20 heavy (non-hydrogen) atoms. The van der Waals surface area contributed by atoms with E-state index in [-0.39, 0.29) is 5.82 Å². The Morgan fingerprint density at radius 1 is 1.35 bits per heavy atom. The van der Waals surface area contributed by atoms with Crippen LogP contribution in [0.15, 0.2) is 34.9 Å². The summed E-state index contributed by atoms with van der Waals surface area (Å²) in [7, 11) is 0. The fourth-order valence-electron chi connectivity index (χ4n) is 2.04. The lowest BCUT2D eigenvalue weighted by atomic mass is 10.2. The van der Waals surface area contributed by atoms with E-state index in [4.69, 9.17) is 4.84 Å². The van der Waals surface area contributed by atoms with Crippen LogP contribution in [-0.4, -0.2) is 22.5 Å². The number of amidine groups is 1. The van der Waals surface area contributed by atoms with Crippen LogP contribution < -0.4 is 0 Å². The van der Waals surface area contributed by atoms with Gasteiger partial charge in [0.05, 0.1) is 11.2 Å². The van der Waals surface area contributed by atoms with Crippen LogP contribution in [0.4, 0.5) is 4.39 Å². The van der Waals surface area contributed by atoms with Crippen molar-refractivity contribution < 1.29 is 9.23 Å². The molecular formula is C14H14FN3OS. The molecule has 3 rings (SSSR count). The summed E-state index contributed by atoms with van der Waals surface area (Å²) in [4.78, 5) is 12.7. The van der Waals surface area contributed by atoms with Crippen molar-refractivity contribution in [3.8, 4) is 0 Å². The van der Waals surface area contributed by atoms with Gasteiger partial charge in [0.15, 0.2) is 12.6 Å². The maximum atomic E-state index is 12.9. The van der Waals surface area contributed by atoms with E-state index in [0.29, 0.717) is 13.3 Å². The summed E-state index contributed by atoms with van der Waals surface area (Å²) in [6.45, 7) is 3.09. The Morgan fingerprint density at radius 2 is 2.15 bits per heavy atom. The van der Waals surface area contributed by atoms with Gasteiger partial charge in [-0.2, -0.15) is 0 Å². The van der Waals surface area contributed by atoms with Crippen LogP contribution in [0, 0.1) is 12.7 Å². The van der Waals surface area contributed by atoms with Gasteiger partial charge in [-0.15, -0.1) is 11.3 Å². The number of hydrogen-bond acceptors (Lipinski definition) is 5. The molecule has 0 bridgehead atoms. The molecule has 0 saturated heterocycles. The molecule has 6 heteroatoms. The molecule has 104 valence electrons. The van der Waals surface area contributed by atoms with Gasteiger partial charge < -0.3 is 9.74 Å². The maximum absolute atomic E-state index is 12.9. The Kier molecular flexibility index (Phi) is 3.64. The Bertz CT molecular complexity index is 624. The first-order chi connectivity index (χ1) is 9.72. The molecule has 0 unspecified atom stereocenters. The Hall–Kier alpha value is -1.95. The molecular weight excluding hydrogens is 277 g/mol. The van der Waals surface area contributed by atoms with Crippen molar-refractivity contribution in [3.63, 3.8) is 0 Å². The molecule has 0 atom stereocenters. The first-order valence-corrected chi connectivity index (χ1v) is 7.17. The third-order valence-corrected chi connectivity index (χ3v) is 4.13. The fraction of sp³-hybridized carbons (Fsp3) is 0.286. The van der Waals surface area contributed by atoms with Crippen LogP contribution in [0.25, 0.3) is 0 Å². The van der Waals surface area contributed by atoms with E-state index in [9.17, 15) is 4.39 Å². The zero-order chi connectivity index (χ0) is 13.9. The molecule has 0 aliphatic carbocycles. The van der Waals surface area contributed by atoms with Crippen molar-refractivity contribution in [2.24, 2.45) is 5.16 Å². The monoisotopic (exact) mass is 291 g/mol. The number of benzene rings is 1. The SMILES string of the molecule is Cc1ncsc1CC1=NOCN1Cc1ccc(F)cc1. The van der Waals surface area contributed by atoms with Gasteiger partial charge in [-0.25, -0.2) is 9.37 Å². The highest BCUT2D eigenvalue weighted by Crippen LogP contribution is 2.18. The lowest BCUT2D eigenvalue weighted by Crippen LogP contribution is -2.28. The molecule has 4 nitrogen and oxygen atoms in total. The summed E-state index contributed by atoms with van der Waals surface area (Å²) in [6.07, 6.45) is 0.720. The molecule has 0 saturated carbocycles. The average Bonchev–Trinajstić information content (AvgIpc) is 3.04. The zero-order valence-corrected chi connectivity index (χ0v) is 11.9. The number of hydrogen-bond donors (Lipinski definition) is 0. The van der Waals surface area contributed by atoms with Crippen LogP contribution in [0.1, 0.15) is 16.1 Å². The van der Waals surface area contributed by atoms with Gasteiger partial charge in [-0.1, -0.05) is 17.3 Å². The predicted molar refractivity (Wildman–Crippen MR) is 75.9 cm³/mol. The number of nitrogens with zero attached hydrogens (tertiary/aromatic N) is 3. The molecule has 0 N–H and O–H groups in total. The maximum Gasteiger partial charge on any atom is 0.191 e. The van der Waals surface area contributed by atoms with Crippen molar-refractivity contribution in [1.82, 2.24) is 9.88 Å². The van der Waals surface area contributed by atoms with E-state index in [1.807, 2.05) is 17.3 Å². The quantitative estimate of drug-likeness (QED) is 0.869. The summed E-state index contributed by atoms with van der Waals surface area (Å²) in [5.74, 6) is 0.669. The number of oxime groups is 1. The molecule has 1 aromatic heterocycles. The van der Waals surface area contributed by atoms with Crippen LogP contribution in [0.2, 0.25) is 0 Å². The van der Waals surface area contributed by atoms with Crippen molar-refractivity contribution in [2.75, 3.05) is 6.73 Å². The topological polar surface area (TPSA) is 37.7 Å². The first kappa shape index (κ1) is 13.1. The number of halogens is 1. The van der Waals surface area contributed by atoms with Crippen LogP contribution in [0.5, 0.6) is 0 Å². The Morgan fingerprint density at radius 3 is 2.85 bits per heavy atom. The second kappa shape index (κ2) is 5.58. The van der Waals surface area contributed by atoms with Crippen LogP contribution in [-0.2, 0) is 17.8 Å². The fourth-order valence-corrected chi connectivity index (χ4v) is 2.81. The van der Waals surface area contributed by atoms with Crippen molar-refractivity contribution in [3.05, 3.63) is 51.7 Å². The minimum atomic E-state index is -0.222. The Labute approximate surface area is 120 Å². The molecule has 0 fully saturated rings. The van der Waals surface area contributed by atoms with Gasteiger partial charge in [-0.05, 0) is 24.6 Å². The van der Waals surface area contributed by atoms with Gasteiger partial charge in [0.2, 0.25) is 0 Å². The van der Waals surface area contributed by atoms with Crippen molar-refractivity contribution >= 4 is 17.2 Å². The van der Waals surface area contributed by atoms with Crippen LogP contribution in [0.3, 0.4) is 0 Å². The number of aromatic nitrogens is 1. The summed E-state index contributed by atoms with van der Waals surface area (Å²) in [6, 6.07) is 6.50. The Balaban J connectivity index is 1.69. The highest BCUT2D eigenvalue weighted by molar-refractivity contribution is 7.09. The molecule has 1 aliphatic rings. The summed E-state index contributed by atoms with van der Waals surface area (Å²) in [5, 5.41) is 4.09. The molecule has 2 aromatic rings. The largest absolute Gasteiger partial charge is 0.372 e. The van der Waals surface area contributed by atoms with Gasteiger partial charge in [-0.3, -0.25) is 0 Å². The van der Waals surface area contributed by atoms with Gasteiger partial charge in [0, 0.05) is 17.8 Å². The second-order valence-corrected chi connectivity index (χ2v) is 5.57. The molecule has 2 heterocycles. The molecule has 0 amide bonds. The van der Waals surface area contributed by atoms with Gasteiger partial charge in [0.25, 0.3) is 0 Å². The molecule has 0 radical (unpaired) electrons. The van der Waals surface area contributed by atoms with E-state index in [1.54, 1.807) is 23.5 Å². The van der Waals surface area contributed by atoms with E-state index >= 15 is 0 Å². The summed E-state index contributed by atoms with van der Waals surface area (Å²) >= 11 is 1.62. The normalized spacial score (nSPS) is 14.3. The zero-order valence-electron chi connectivity index (χ0n) is 11.0. The summed E-state index contributed by atoms with van der Waals surface area (Å²) in [5.41, 5.74) is 3.91. The lowest BCUT2D eigenvalue weighted by molar-refractivity contribution is 0.107. The van der Waals surface area contributed by atoms with Crippen LogP contribution >= 0.6 is 11.3 Å². The van der Waals surface area contributed by atoms with Crippen molar-refractivity contribution in [2.45, 2.75) is 19.9 Å². The van der Waals surface area contributed by atoms with Crippen molar-refractivity contribution in [1.29, 1.82) is 0 Å². The van der Waals surface area contributed by atoms with Gasteiger partial charge >= 0.3 is 0 Å². The number of aryl methyl sites for hydroxylation is 1. The average molecular weight is 291 g/mol. The van der Waals surface area contributed by atoms with E-state index in [1.165, 1.54) is 17.0 Å². The van der Waals surface area contributed by atoms with E-state index in [2.05, 4.69) is 10.1 Å². The standard InChI is InChI=1S/C14H14FN3OS/c1-10-13(20-8-16-10)6-14-17-19-9-18(14)7-11-2-4-12(15)5-3-11/h2-5,8H,6-7,9H2,1H3. The minimum absolute atomic E-state index is 0.222. The third-order valence-electron chi connectivity index (χ3n) is 3.20. The lowest BCUT2D eigenvalue weighted by Gasteiger charge is -2.17. The number of rotatable bonds is 4. The summed E-state index contributed by atoms with van der Waals surface area (Å²) < 4.78 is 12.9. The van der Waals surface area contributed by atoms with E-state index in [0.717, 1.165) is 23.5 Å². The highest BCUT2D eigenvalue weighted by atomic mass is 32.1. The van der Waals surface area contributed by atoms with E-state index < -0.39 is 0 Å². The predicted octanol–water partition coefficient (Wildman–Crippen LogP) is 2.94. The highest BCUT2D eigenvalue weighted by Gasteiger charge is 2.20. The molecule has 0 spiro atoms. The molecule has 1 aliphatic heterocycles. The third kappa shape index (κ3) is 2.80. The number of thiazole rings is 1. The van der Waals surface area contributed by atoms with Gasteiger partial charge in [0.1, 0.15) is 5.82 Å². The first-order valence-electron chi connectivity index (χ1n) is 6.29. The second-order valence-electron chi connectivity index (χ2n) is 4.63. The smallest absolute Gasteiger partial charge is 0.191 e.